The lowest BCUT2D eigenvalue weighted by Gasteiger charge is -2.57. The van der Waals surface area contributed by atoms with Crippen molar-refractivity contribution in [1.82, 2.24) is 0 Å². The first kappa shape index (κ1) is 67.2. The summed E-state index contributed by atoms with van der Waals surface area (Å²) in [7, 11) is 0. The highest BCUT2D eigenvalue weighted by Crippen LogP contribution is 2.63. The summed E-state index contributed by atoms with van der Waals surface area (Å²) < 4.78 is 22.7. The average Bonchev–Trinajstić information content (AvgIpc) is 0.905. The van der Waals surface area contributed by atoms with Crippen molar-refractivity contribution in [1.29, 1.82) is 0 Å². The van der Waals surface area contributed by atoms with Crippen molar-refractivity contribution in [2.75, 3.05) is 13.2 Å². The van der Waals surface area contributed by atoms with Crippen molar-refractivity contribution in [3.63, 3.8) is 0 Å². The number of carbonyl (C=O) groups excluding carboxylic acids is 4. The zero-order valence-electron chi connectivity index (χ0n) is 54.3. The molecule has 16 bridgehead atoms. The van der Waals surface area contributed by atoms with Gasteiger partial charge in [-0.2, -0.15) is 0 Å². The molecule has 4 N–H and O–H groups in total. The van der Waals surface area contributed by atoms with Crippen LogP contribution in [0.5, 0.6) is 0 Å². The third kappa shape index (κ3) is 15.6. The maximum atomic E-state index is 12.3. The lowest BCUT2D eigenvalue weighted by Crippen LogP contribution is -2.53. The van der Waals surface area contributed by atoms with Crippen LogP contribution in [0.2, 0.25) is 0 Å². The SMILES string of the molecule is CCC(C)(CC(=O)OC12CC3CC(CC(C3)C1)C2)C(=O)O.CCC(C)(CC(=O)OC1C2CC3CC(C2)CC1C3)C(=O)O.CCC(C)(CC(=O)OCC12CC3CC(CC(C3)C1)C2)C(=O)O.CCC(C)(CC(=O)OCCC12CC3CC(CC(C3)C1)C2)C(=O)O. The van der Waals surface area contributed by atoms with Crippen molar-refractivity contribution in [2.45, 2.75) is 273 Å². The lowest BCUT2D eigenvalue weighted by atomic mass is 9.49. The van der Waals surface area contributed by atoms with Gasteiger partial charge < -0.3 is 39.4 Å². The number of rotatable bonds is 23. The van der Waals surface area contributed by atoms with Crippen LogP contribution >= 0.6 is 0 Å². The zero-order valence-corrected chi connectivity index (χ0v) is 54.3. The summed E-state index contributed by atoms with van der Waals surface area (Å²) in [6.45, 7) is 14.7. The fraction of sp³-hybridized carbons (Fsp3) is 0.887. The van der Waals surface area contributed by atoms with Gasteiger partial charge in [0, 0.05) is 5.41 Å². The summed E-state index contributed by atoms with van der Waals surface area (Å²) >= 11 is 0. The quantitative estimate of drug-likeness (QED) is 0.0548. The smallest absolute Gasteiger partial charge is 0.309 e. The topological polar surface area (TPSA) is 254 Å². The summed E-state index contributed by atoms with van der Waals surface area (Å²) in [6, 6.07) is 0. The summed E-state index contributed by atoms with van der Waals surface area (Å²) in [5.41, 5.74) is -3.65. The highest BCUT2D eigenvalue weighted by molar-refractivity contribution is 5.84. The summed E-state index contributed by atoms with van der Waals surface area (Å²) in [5.74, 6) is 5.18. The molecule has 87 heavy (non-hydrogen) atoms. The predicted molar refractivity (Wildman–Crippen MR) is 324 cm³/mol. The molecule has 16 saturated carbocycles. The first-order valence-corrected chi connectivity index (χ1v) is 34.6. The molecule has 0 radical (unpaired) electrons. The van der Waals surface area contributed by atoms with Crippen molar-refractivity contribution < 1.29 is 77.7 Å². The molecule has 0 saturated heterocycles. The van der Waals surface area contributed by atoms with Gasteiger partial charge in [0.15, 0.2) is 0 Å². The van der Waals surface area contributed by atoms with Crippen molar-refractivity contribution >= 4 is 47.8 Å². The van der Waals surface area contributed by atoms with Crippen LogP contribution in [-0.2, 0) is 57.3 Å². The van der Waals surface area contributed by atoms with Gasteiger partial charge in [-0.1, -0.05) is 27.7 Å². The number of carboxylic acids is 4. The molecule has 0 aromatic carbocycles. The molecule has 490 valence electrons. The van der Waals surface area contributed by atoms with E-state index >= 15 is 0 Å². The Kier molecular flexibility index (Phi) is 20.5. The van der Waals surface area contributed by atoms with Gasteiger partial charge in [-0.05, 0) is 290 Å². The molecule has 0 heterocycles. The molecule has 16 aliphatic rings. The molecule has 16 aliphatic carbocycles. The van der Waals surface area contributed by atoms with E-state index in [0.29, 0.717) is 56.1 Å². The van der Waals surface area contributed by atoms with Gasteiger partial charge in [-0.25, -0.2) is 0 Å². The molecular formula is C71H110O16. The lowest BCUT2D eigenvalue weighted by molar-refractivity contribution is -0.190. The molecule has 4 atom stereocenters. The van der Waals surface area contributed by atoms with Gasteiger partial charge in [0.05, 0.1) is 60.6 Å². The first-order chi connectivity index (χ1) is 40.9. The second-order valence-corrected chi connectivity index (χ2v) is 33.0. The Hall–Kier alpha value is -4.24. The minimum Gasteiger partial charge on any atom is -0.481 e. The van der Waals surface area contributed by atoms with E-state index < -0.39 is 45.5 Å². The predicted octanol–water partition coefficient (Wildman–Crippen LogP) is 14.3. The van der Waals surface area contributed by atoms with Crippen LogP contribution in [0.4, 0.5) is 0 Å². The van der Waals surface area contributed by atoms with E-state index in [1.165, 1.54) is 128 Å². The second-order valence-electron chi connectivity index (χ2n) is 33.0. The van der Waals surface area contributed by atoms with Crippen LogP contribution in [0.15, 0.2) is 0 Å². The number of ether oxygens (including phenoxy) is 4. The van der Waals surface area contributed by atoms with Gasteiger partial charge >= 0.3 is 47.8 Å². The Morgan fingerprint density at radius 2 is 0.655 bits per heavy atom. The van der Waals surface area contributed by atoms with Crippen LogP contribution in [0.3, 0.4) is 0 Å². The van der Waals surface area contributed by atoms with E-state index in [-0.39, 0.29) is 66.7 Å². The van der Waals surface area contributed by atoms with Crippen molar-refractivity contribution in [3.8, 4) is 0 Å². The third-order valence-corrected chi connectivity index (χ3v) is 25.8. The standard InChI is InChI=1S/C19H30O4.C18H28O4.2C17H26O4/c1-3-18(2,17(21)22)12-16(20)23-5-4-19-9-13-6-14(10-19)8-15(7-13)11-19;1-3-17(2,16(20)21)10-15(19)22-11-18-7-12-4-13(8-18)6-14(5-12)9-18;1-3-16(2,15(19)20)10-14(18)21-17-7-11-4-12(8-17)6-13(5-11)9-17;1-3-17(2,16(19)20)9-14(18)21-15-12-5-10-4-11(7-12)8-13(15)6-10/h13-15H,3-12H2,1-2H3,(H,21,22);12-14H,3-11H2,1-2H3,(H,20,21);11-13H,3-10H2,1-2H3,(H,19,20);10-13,15H,3-9H2,1-2H3,(H,19,20). The second kappa shape index (κ2) is 26.5. The molecular weight excluding hydrogens is 1110 g/mol. The molecule has 16 fully saturated rings. The minimum absolute atomic E-state index is 0.0123. The Morgan fingerprint density at radius 1 is 0.368 bits per heavy atom. The Bertz CT molecular complexity index is 2400. The third-order valence-electron chi connectivity index (χ3n) is 25.8. The number of hydrogen-bond donors (Lipinski definition) is 4. The highest BCUT2D eigenvalue weighted by atomic mass is 16.6. The van der Waals surface area contributed by atoms with Crippen molar-refractivity contribution in [3.05, 3.63) is 0 Å². The highest BCUT2D eigenvalue weighted by Gasteiger charge is 2.56. The normalized spacial score (nSPS) is 38.9. The van der Waals surface area contributed by atoms with Crippen LogP contribution in [0.1, 0.15) is 261 Å². The molecule has 0 amide bonds. The fourth-order valence-electron chi connectivity index (χ4n) is 21.2. The zero-order chi connectivity index (χ0) is 63.1. The average molecular weight is 1220 g/mol. The van der Waals surface area contributed by atoms with Crippen LogP contribution in [-0.4, -0.2) is 93.1 Å². The van der Waals surface area contributed by atoms with Crippen LogP contribution in [0.25, 0.3) is 0 Å². The Balaban J connectivity index is 0.000000138. The van der Waals surface area contributed by atoms with Gasteiger partial charge in [-0.3, -0.25) is 38.4 Å². The molecule has 0 aromatic rings. The van der Waals surface area contributed by atoms with Gasteiger partial charge in [0.1, 0.15) is 11.7 Å². The summed E-state index contributed by atoms with van der Waals surface area (Å²) in [5, 5.41) is 37.1. The molecule has 16 rings (SSSR count). The first-order valence-electron chi connectivity index (χ1n) is 34.6. The molecule has 4 unspecified atom stereocenters. The van der Waals surface area contributed by atoms with E-state index in [2.05, 4.69) is 0 Å². The number of aliphatic carboxylic acids is 4. The Labute approximate surface area is 518 Å². The van der Waals surface area contributed by atoms with E-state index in [1.807, 2.05) is 13.8 Å². The summed E-state index contributed by atoms with van der Waals surface area (Å²) in [4.78, 5) is 94.0. The number of esters is 4. The minimum atomic E-state index is -1.00. The van der Waals surface area contributed by atoms with E-state index in [4.69, 9.17) is 18.9 Å². The maximum absolute atomic E-state index is 12.3. The largest absolute Gasteiger partial charge is 0.481 e. The number of carboxylic acid groups (broad SMARTS) is 4. The fourth-order valence-corrected chi connectivity index (χ4v) is 21.2. The number of carbonyl (C=O) groups is 8. The maximum Gasteiger partial charge on any atom is 0.309 e. The Morgan fingerprint density at radius 3 is 0.989 bits per heavy atom. The van der Waals surface area contributed by atoms with Gasteiger partial charge in [0.25, 0.3) is 0 Å². The molecule has 0 spiro atoms. The van der Waals surface area contributed by atoms with Crippen LogP contribution in [0, 0.1) is 109 Å². The summed E-state index contributed by atoms with van der Waals surface area (Å²) in [6.07, 6.45) is 31.8. The molecule has 16 nitrogen and oxygen atoms in total. The van der Waals surface area contributed by atoms with Gasteiger partial charge in [0.2, 0.25) is 0 Å². The molecule has 0 aliphatic heterocycles. The van der Waals surface area contributed by atoms with Gasteiger partial charge in [-0.15, -0.1) is 0 Å². The van der Waals surface area contributed by atoms with E-state index in [1.54, 1.807) is 41.5 Å². The molecule has 16 heteroatoms. The van der Waals surface area contributed by atoms with E-state index in [0.717, 1.165) is 90.8 Å². The molecule has 0 aromatic heterocycles. The van der Waals surface area contributed by atoms with Crippen LogP contribution < -0.4 is 0 Å². The van der Waals surface area contributed by atoms with E-state index in [9.17, 15) is 58.8 Å². The van der Waals surface area contributed by atoms with Crippen molar-refractivity contribution in [2.24, 2.45) is 109 Å². The number of hydrogen-bond acceptors (Lipinski definition) is 12. The monoisotopic (exact) mass is 1220 g/mol.